The second-order valence-electron chi connectivity index (χ2n) is 8.14. The second-order valence-corrected chi connectivity index (χ2v) is 9.86. The van der Waals surface area contributed by atoms with Crippen molar-refractivity contribution in [1.82, 2.24) is 14.5 Å². The number of nitrogens with zero attached hydrogens (tertiary/aromatic N) is 2. The van der Waals surface area contributed by atoms with Crippen LogP contribution in [-0.4, -0.2) is 74.5 Å². The number of morpholine rings is 1. The summed E-state index contributed by atoms with van der Waals surface area (Å²) in [6.45, 7) is 5.39. The highest BCUT2D eigenvalue weighted by molar-refractivity contribution is 7.89. The third kappa shape index (κ3) is 4.44. The average Bonchev–Trinajstić information content (AvgIpc) is 3.11. The van der Waals surface area contributed by atoms with E-state index in [1.54, 1.807) is 24.0 Å². The predicted molar refractivity (Wildman–Crippen MR) is 116 cm³/mol. The molecule has 0 saturated carbocycles. The number of fused-ring (bicyclic) bond motifs is 1. The summed E-state index contributed by atoms with van der Waals surface area (Å²) >= 11 is 0. The van der Waals surface area contributed by atoms with Crippen LogP contribution in [0.2, 0.25) is 0 Å². The third-order valence-corrected chi connectivity index (χ3v) is 7.42. The Bertz CT molecular complexity index is 1100. The van der Waals surface area contributed by atoms with E-state index in [1.165, 1.54) is 11.0 Å². The van der Waals surface area contributed by atoms with Gasteiger partial charge in [-0.2, -0.15) is 4.72 Å². The van der Waals surface area contributed by atoms with Crippen LogP contribution in [0.1, 0.15) is 20.3 Å². The van der Waals surface area contributed by atoms with Crippen molar-refractivity contribution in [3.63, 3.8) is 0 Å². The molecule has 4 rings (SSSR count). The molecular formula is C22H27N3O5S. The van der Waals surface area contributed by atoms with Gasteiger partial charge in [0.15, 0.2) is 0 Å². The number of amides is 2. The molecule has 2 aliphatic rings. The highest BCUT2D eigenvalue weighted by atomic mass is 32.2. The van der Waals surface area contributed by atoms with Gasteiger partial charge in [0.2, 0.25) is 21.8 Å². The van der Waals surface area contributed by atoms with Crippen LogP contribution < -0.4 is 4.72 Å². The number of carbonyl (C=O) groups is 2. The van der Waals surface area contributed by atoms with Crippen molar-refractivity contribution >= 4 is 32.6 Å². The van der Waals surface area contributed by atoms with Crippen molar-refractivity contribution in [2.45, 2.75) is 43.4 Å². The van der Waals surface area contributed by atoms with E-state index in [0.29, 0.717) is 32.7 Å². The number of hydrogen-bond acceptors (Lipinski definition) is 5. The highest BCUT2D eigenvalue weighted by Gasteiger charge is 2.40. The number of nitrogens with one attached hydrogen (secondary N) is 1. The maximum Gasteiger partial charge on any atom is 0.245 e. The molecular weight excluding hydrogens is 418 g/mol. The Kier molecular flexibility index (Phi) is 6.00. The molecule has 2 heterocycles. The van der Waals surface area contributed by atoms with Gasteiger partial charge in [0.25, 0.3) is 0 Å². The van der Waals surface area contributed by atoms with Gasteiger partial charge in [-0.25, -0.2) is 8.42 Å². The first-order valence-corrected chi connectivity index (χ1v) is 12.0. The molecule has 2 amide bonds. The number of carbonyl (C=O) groups excluding carboxylic acids is 2. The van der Waals surface area contributed by atoms with Crippen LogP contribution in [-0.2, 0) is 24.3 Å². The molecule has 31 heavy (non-hydrogen) atoms. The number of hydrogen-bond donors (Lipinski definition) is 1. The van der Waals surface area contributed by atoms with Crippen molar-refractivity contribution in [3.05, 3.63) is 42.5 Å². The Labute approximate surface area is 182 Å². The van der Waals surface area contributed by atoms with Crippen molar-refractivity contribution in [1.29, 1.82) is 0 Å². The third-order valence-electron chi connectivity index (χ3n) is 5.95. The Balaban J connectivity index is 1.45. The molecule has 9 heteroatoms. The number of benzene rings is 2. The minimum absolute atomic E-state index is 0.0410. The minimum Gasteiger partial charge on any atom is -0.375 e. The molecule has 2 fully saturated rings. The normalized spacial score (nSPS) is 23.4. The first kappa shape index (κ1) is 21.7. The molecule has 2 aromatic carbocycles. The molecule has 0 aromatic heterocycles. The van der Waals surface area contributed by atoms with E-state index in [9.17, 15) is 18.0 Å². The SMILES string of the molecule is CC1CN(C(=O)[C@H](C)N2CC[C@H](NS(=O)(=O)c3ccc4ccccc4c3)C2=O)CCO1. The van der Waals surface area contributed by atoms with Gasteiger partial charge in [-0.05, 0) is 43.2 Å². The number of likely N-dealkylation sites (tertiary alicyclic amines) is 1. The van der Waals surface area contributed by atoms with Crippen molar-refractivity contribution in [2.75, 3.05) is 26.2 Å². The lowest BCUT2D eigenvalue weighted by atomic mass is 10.1. The van der Waals surface area contributed by atoms with Gasteiger partial charge in [0, 0.05) is 19.6 Å². The summed E-state index contributed by atoms with van der Waals surface area (Å²) in [4.78, 5) is 29.1. The zero-order chi connectivity index (χ0) is 22.2. The van der Waals surface area contributed by atoms with Gasteiger partial charge >= 0.3 is 0 Å². The van der Waals surface area contributed by atoms with E-state index < -0.39 is 22.1 Å². The summed E-state index contributed by atoms with van der Waals surface area (Å²) in [5, 5.41) is 1.75. The first-order chi connectivity index (χ1) is 14.8. The zero-order valence-corrected chi connectivity index (χ0v) is 18.5. The van der Waals surface area contributed by atoms with Crippen LogP contribution in [0.15, 0.2) is 47.4 Å². The first-order valence-electron chi connectivity index (χ1n) is 10.5. The summed E-state index contributed by atoms with van der Waals surface area (Å²) in [5.41, 5.74) is 0. The molecule has 1 N–H and O–H groups in total. The molecule has 2 aromatic rings. The Hall–Kier alpha value is -2.49. The Morgan fingerprint density at radius 2 is 1.90 bits per heavy atom. The maximum absolute atomic E-state index is 12.9. The standard InChI is InChI=1S/C22H27N3O5S/c1-15-14-24(11-12-30-15)21(26)16(2)25-10-9-20(22(25)27)23-31(28,29)19-8-7-17-5-3-4-6-18(17)13-19/h3-8,13,15-16,20,23H,9-12,14H2,1-2H3/t15?,16-,20-/m0/s1. The van der Waals surface area contributed by atoms with E-state index in [-0.39, 0.29) is 22.8 Å². The van der Waals surface area contributed by atoms with Gasteiger partial charge < -0.3 is 14.5 Å². The summed E-state index contributed by atoms with van der Waals surface area (Å²) in [5.74, 6) is -0.506. The van der Waals surface area contributed by atoms with Crippen molar-refractivity contribution in [2.24, 2.45) is 0 Å². The van der Waals surface area contributed by atoms with Crippen LogP contribution in [0.5, 0.6) is 0 Å². The van der Waals surface area contributed by atoms with Gasteiger partial charge in [-0.1, -0.05) is 30.3 Å². The molecule has 3 atom stereocenters. The summed E-state index contributed by atoms with van der Waals surface area (Å²) in [7, 11) is -3.87. The van der Waals surface area contributed by atoms with Crippen LogP contribution in [0.3, 0.4) is 0 Å². The number of rotatable bonds is 5. The van der Waals surface area contributed by atoms with Crippen LogP contribution in [0.4, 0.5) is 0 Å². The summed E-state index contributed by atoms with van der Waals surface area (Å²) in [6, 6.07) is 10.8. The molecule has 0 spiro atoms. The topological polar surface area (TPSA) is 96.0 Å². The molecule has 0 radical (unpaired) electrons. The monoisotopic (exact) mass is 445 g/mol. The van der Waals surface area contributed by atoms with Crippen LogP contribution >= 0.6 is 0 Å². The Morgan fingerprint density at radius 3 is 2.65 bits per heavy atom. The van der Waals surface area contributed by atoms with E-state index >= 15 is 0 Å². The van der Waals surface area contributed by atoms with E-state index in [0.717, 1.165) is 10.8 Å². The van der Waals surface area contributed by atoms with E-state index in [2.05, 4.69) is 4.72 Å². The molecule has 166 valence electrons. The largest absolute Gasteiger partial charge is 0.375 e. The fraction of sp³-hybridized carbons (Fsp3) is 0.455. The predicted octanol–water partition coefficient (Wildman–Crippen LogP) is 1.35. The smallest absolute Gasteiger partial charge is 0.245 e. The molecule has 0 aliphatic carbocycles. The van der Waals surface area contributed by atoms with Crippen LogP contribution in [0.25, 0.3) is 10.8 Å². The van der Waals surface area contributed by atoms with E-state index in [1.807, 2.05) is 31.2 Å². The number of sulfonamides is 1. The van der Waals surface area contributed by atoms with Crippen molar-refractivity contribution < 1.29 is 22.7 Å². The summed E-state index contributed by atoms with van der Waals surface area (Å²) < 4.78 is 33.8. The fourth-order valence-corrected chi connectivity index (χ4v) is 5.46. The van der Waals surface area contributed by atoms with Gasteiger partial charge in [-0.3, -0.25) is 9.59 Å². The lowest BCUT2D eigenvalue weighted by Gasteiger charge is -2.35. The maximum atomic E-state index is 12.9. The molecule has 0 bridgehead atoms. The zero-order valence-electron chi connectivity index (χ0n) is 17.7. The molecule has 1 unspecified atom stereocenters. The minimum atomic E-state index is -3.87. The highest BCUT2D eigenvalue weighted by Crippen LogP contribution is 2.22. The Morgan fingerprint density at radius 1 is 1.16 bits per heavy atom. The van der Waals surface area contributed by atoms with Crippen molar-refractivity contribution in [3.8, 4) is 0 Å². The number of ether oxygens (including phenoxy) is 1. The second kappa shape index (κ2) is 8.57. The molecule has 2 saturated heterocycles. The van der Waals surface area contributed by atoms with Gasteiger partial charge in [0.1, 0.15) is 12.1 Å². The van der Waals surface area contributed by atoms with Crippen LogP contribution in [0, 0.1) is 0 Å². The molecule has 8 nitrogen and oxygen atoms in total. The quantitative estimate of drug-likeness (QED) is 0.750. The fourth-order valence-electron chi connectivity index (χ4n) is 4.20. The summed E-state index contributed by atoms with van der Waals surface area (Å²) in [6.07, 6.45) is 0.281. The lowest BCUT2D eigenvalue weighted by Crippen LogP contribution is -2.53. The van der Waals surface area contributed by atoms with E-state index in [4.69, 9.17) is 4.74 Å². The lowest BCUT2D eigenvalue weighted by molar-refractivity contribution is -0.148. The van der Waals surface area contributed by atoms with Gasteiger partial charge in [0.05, 0.1) is 17.6 Å². The van der Waals surface area contributed by atoms with Gasteiger partial charge in [-0.15, -0.1) is 0 Å². The average molecular weight is 446 g/mol. The molecule has 2 aliphatic heterocycles.